The molecule has 1 saturated heterocycles. The second kappa shape index (κ2) is 10.5. The number of anilines is 1. The maximum atomic E-state index is 12.3. The molecule has 0 aliphatic carbocycles. The first-order valence-corrected chi connectivity index (χ1v) is 10.3. The van der Waals surface area contributed by atoms with Gasteiger partial charge in [-0.1, -0.05) is 6.07 Å². The average molecular weight is 436 g/mol. The van der Waals surface area contributed by atoms with Crippen molar-refractivity contribution in [3.63, 3.8) is 0 Å². The van der Waals surface area contributed by atoms with Crippen molar-refractivity contribution in [3.8, 4) is 0 Å². The van der Waals surface area contributed by atoms with Gasteiger partial charge in [0.05, 0.1) is 20.1 Å². The second-order valence-corrected chi connectivity index (χ2v) is 8.60. The molecule has 31 heavy (non-hydrogen) atoms. The molecule has 0 bridgehead atoms. The van der Waals surface area contributed by atoms with Gasteiger partial charge in [-0.2, -0.15) is 0 Å². The molecule has 0 unspecified atom stereocenters. The monoisotopic (exact) mass is 435 g/mol. The van der Waals surface area contributed by atoms with Crippen LogP contribution in [0.25, 0.3) is 0 Å². The van der Waals surface area contributed by atoms with Crippen LogP contribution in [-0.2, 0) is 32.0 Å². The van der Waals surface area contributed by atoms with E-state index in [9.17, 15) is 14.4 Å². The molecule has 1 heterocycles. The summed E-state index contributed by atoms with van der Waals surface area (Å²) in [5.41, 5.74) is 3.17. The van der Waals surface area contributed by atoms with Crippen molar-refractivity contribution in [2.24, 2.45) is 0 Å². The third kappa shape index (κ3) is 7.43. The van der Waals surface area contributed by atoms with Crippen LogP contribution in [0.2, 0.25) is 0 Å². The third-order valence-corrected chi connectivity index (χ3v) is 4.99. The number of piperazine rings is 1. The SMILES string of the molecule is COC(=O)Cc1cc(CNCC(=O)O)c(C)c(N2CCN(C(=O)OC(C)(C)C)CC2)c1. The zero-order valence-corrected chi connectivity index (χ0v) is 19.0. The van der Waals surface area contributed by atoms with Crippen LogP contribution in [0.5, 0.6) is 0 Å². The summed E-state index contributed by atoms with van der Waals surface area (Å²) in [6.07, 6.45) is -0.185. The number of nitrogens with one attached hydrogen (secondary N) is 1. The molecule has 0 aromatic heterocycles. The first kappa shape index (κ1) is 24.5. The van der Waals surface area contributed by atoms with Crippen LogP contribution in [-0.4, -0.2) is 73.5 Å². The topological polar surface area (TPSA) is 108 Å². The maximum Gasteiger partial charge on any atom is 0.410 e. The molecule has 172 valence electrons. The minimum absolute atomic E-state index is 0.133. The van der Waals surface area contributed by atoms with Gasteiger partial charge in [-0.3, -0.25) is 9.59 Å². The summed E-state index contributed by atoms with van der Waals surface area (Å²) in [4.78, 5) is 38.9. The summed E-state index contributed by atoms with van der Waals surface area (Å²) in [5.74, 6) is -1.27. The van der Waals surface area contributed by atoms with E-state index < -0.39 is 11.6 Å². The fourth-order valence-electron chi connectivity index (χ4n) is 3.44. The molecule has 1 aliphatic rings. The van der Waals surface area contributed by atoms with Gasteiger partial charge in [0.15, 0.2) is 0 Å². The largest absolute Gasteiger partial charge is 0.480 e. The number of carbonyl (C=O) groups is 3. The normalized spacial score (nSPS) is 14.4. The Morgan fingerprint density at radius 2 is 1.77 bits per heavy atom. The van der Waals surface area contributed by atoms with E-state index >= 15 is 0 Å². The fourth-order valence-corrected chi connectivity index (χ4v) is 3.44. The lowest BCUT2D eigenvalue weighted by molar-refractivity contribution is -0.140. The quantitative estimate of drug-likeness (QED) is 0.626. The van der Waals surface area contributed by atoms with Crippen molar-refractivity contribution < 1.29 is 29.0 Å². The molecule has 2 rings (SSSR count). The van der Waals surface area contributed by atoms with Crippen LogP contribution in [0.4, 0.5) is 10.5 Å². The van der Waals surface area contributed by atoms with Crippen molar-refractivity contribution in [2.75, 3.05) is 44.7 Å². The van der Waals surface area contributed by atoms with Gasteiger partial charge in [-0.25, -0.2) is 4.79 Å². The minimum Gasteiger partial charge on any atom is -0.480 e. The first-order chi connectivity index (χ1) is 14.5. The van der Waals surface area contributed by atoms with E-state index in [0.717, 1.165) is 22.4 Å². The highest BCUT2D eigenvalue weighted by molar-refractivity contribution is 5.74. The molecule has 0 radical (unpaired) electrons. The maximum absolute atomic E-state index is 12.3. The summed E-state index contributed by atoms with van der Waals surface area (Å²) in [5, 5.41) is 11.8. The Bertz CT molecular complexity index is 810. The number of rotatable bonds is 7. The number of hydrogen-bond donors (Lipinski definition) is 2. The zero-order chi connectivity index (χ0) is 23.2. The highest BCUT2D eigenvalue weighted by Crippen LogP contribution is 2.27. The van der Waals surface area contributed by atoms with Crippen LogP contribution in [0.15, 0.2) is 12.1 Å². The minimum atomic E-state index is -0.929. The van der Waals surface area contributed by atoms with Gasteiger partial charge in [0.25, 0.3) is 0 Å². The number of amides is 1. The molecule has 1 aromatic carbocycles. The number of methoxy groups -OCH3 is 1. The summed E-state index contributed by atoms with van der Waals surface area (Å²) < 4.78 is 10.3. The average Bonchev–Trinajstić information content (AvgIpc) is 2.68. The lowest BCUT2D eigenvalue weighted by Gasteiger charge is -2.37. The van der Waals surface area contributed by atoms with Crippen molar-refractivity contribution in [1.29, 1.82) is 0 Å². The fraction of sp³-hybridized carbons (Fsp3) is 0.591. The molecule has 0 saturated carbocycles. The summed E-state index contributed by atoms with van der Waals surface area (Å²) >= 11 is 0. The standard InChI is InChI=1S/C22H33N3O6/c1-15-17(13-23-14-19(26)27)10-16(12-20(28)30-5)11-18(15)24-6-8-25(9-7-24)21(29)31-22(2,3)4/h10-11,23H,6-9,12-14H2,1-5H3,(H,26,27). The molecular weight excluding hydrogens is 402 g/mol. The summed E-state index contributed by atoms with van der Waals surface area (Å²) in [7, 11) is 1.35. The molecule has 1 amide bonds. The number of carboxylic acid groups (broad SMARTS) is 1. The van der Waals surface area contributed by atoms with Crippen molar-refractivity contribution in [2.45, 2.75) is 46.3 Å². The predicted molar refractivity (Wildman–Crippen MR) is 116 cm³/mol. The van der Waals surface area contributed by atoms with Gasteiger partial charge in [0.2, 0.25) is 0 Å². The van der Waals surface area contributed by atoms with Crippen LogP contribution in [0.3, 0.4) is 0 Å². The van der Waals surface area contributed by atoms with Crippen LogP contribution >= 0.6 is 0 Å². The second-order valence-electron chi connectivity index (χ2n) is 8.60. The Morgan fingerprint density at radius 1 is 1.13 bits per heavy atom. The van der Waals surface area contributed by atoms with E-state index in [1.807, 2.05) is 39.8 Å². The van der Waals surface area contributed by atoms with E-state index in [2.05, 4.69) is 10.2 Å². The Balaban J connectivity index is 2.18. The van der Waals surface area contributed by atoms with E-state index in [1.165, 1.54) is 7.11 Å². The number of carbonyl (C=O) groups excluding carboxylic acids is 2. The van der Waals surface area contributed by atoms with Crippen molar-refractivity contribution in [1.82, 2.24) is 10.2 Å². The summed E-state index contributed by atoms with van der Waals surface area (Å²) in [6.45, 7) is 10.1. The molecule has 1 fully saturated rings. The highest BCUT2D eigenvalue weighted by Gasteiger charge is 2.27. The van der Waals surface area contributed by atoms with E-state index in [-0.39, 0.29) is 25.0 Å². The lowest BCUT2D eigenvalue weighted by Crippen LogP contribution is -2.50. The molecule has 1 aliphatic heterocycles. The number of aliphatic carboxylic acids is 1. The van der Waals surface area contributed by atoms with Crippen molar-refractivity contribution in [3.05, 3.63) is 28.8 Å². The van der Waals surface area contributed by atoms with Gasteiger partial charge in [0, 0.05) is 38.4 Å². The molecule has 9 nitrogen and oxygen atoms in total. The van der Waals surface area contributed by atoms with Gasteiger partial charge in [-0.15, -0.1) is 0 Å². The Labute approximate surface area is 183 Å². The summed E-state index contributed by atoms with van der Waals surface area (Å²) in [6, 6.07) is 3.87. The zero-order valence-electron chi connectivity index (χ0n) is 19.0. The Kier molecular flexibility index (Phi) is 8.27. The first-order valence-electron chi connectivity index (χ1n) is 10.3. The molecular formula is C22H33N3O6. The van der Waals surface area contributed by atoms with Gasteiger partial charge in [-0.05, 0) is 50.5 Å². The van der Waals surface area contributed by atoms with E-state index in [1.54, 1.807) is 4.90 Å². The number of benzene rings is 1. The lowest BCUT2D eigenvalue weighted by atomic mass is 9.99. The number of esters is 1. The number of ether oxygens (including phenoxy) is 2. The molecule has 2 N–H and O–H groups in total. The van der Waals surface area contributed by atoms with E-state index in [0.29, 0.717) is 32.7 Å². The van der Waals surface area contributed by atoms with Gasteiger partial charge in [0.1, 0.15) is 5.60 Å². The number of hydrogen-bond acceptors (Lipinski definition) is 7. The molecule has 0 atom stereocenters. The van der Waals surface area contributed by atoms with Gasteiger partial charge < -0.3 is 29.7 Å². The number of carboxylic acids is 1. The van der Waals surface area contributed by atoms with Gasteiger partial charge >= 0.3 is 18.0 Å². The Morgan fingerprint density at radius 3 is 2.32 bits per heavy atom. The molecule has 9 heteroatoms. The van der Waals surface area contributed by atoms with Crippen LogP contribution in [0.1, 0.15) is 37.5 Å². The molecule has 0 spiro atoms. The van der Waals surface area contributed by atoms with Crippen LogP contribution < -0.4 is 10.2 Å². The predicted octanol–water partition coefficient (Wildman–Crippen LogP) is 1.94. The highest BCUT2D eigenvalue weighted by atomic mass is 16.6. The number of nitrogens with zero attached hydrogens (tertiary/aromatic N) is 2. The van der Waals surface area contributed by atoms with E-state index in [4.69, 9.17) is 14.6 Å². The molecule has 1 aromatic rings. The Hall–Kier alpha value is -2.81. The smallest absolute Gasteiger partial charge is 0.410 e. The third-order valence-electron chi connectivity index (χ3n) is 4.99. The van der Waals surface area contributed by atoms with Crippen LogP contribution in [0, 0.1) is 6.92 Å². The van der Waals surface area contributed by atoms with Crippen molar-refractivity contribution >= 4 is 23.7 Å².